The summed E-state index contributed by atoms with van der Waals surface area (Å²) in [6, 6.07) is 7.19. The number of benzene rings is 1. The molecule has 0 saturated carbocycles. The Hall–Kier alpha value is -2.53. The lowest BCUT2D eigenvalue weighted by Gasteiger charge is -2.09. The maximum atomic E-state index is 10.1. The number of carbonyl (C=O) groups is 1. The van der Waals surface area contributed by atoms with Crippen LogP contribution in [-0.2, 0) is 23.7 Å². The highest BCUT2D eigenvalue weighted by Gasteiger charge is 2.00. The van der Waals surface area contributed by atoms with Gasteiger partial charge in [-0.1, -0.05) is 0 Å². The van der Waals surface area contributed by atoms with Crippen molar-refractivity contribution in [1.82, 2.24) is 0 Å². The van der Waals surface area contributed by atoms with Crippen molar-refractivity contribution in [2.24, 2.45) is 21.7 Å². The number of hydrogen-bond donors (Lipinski definition) is 2. The number of ether oxygens (including phenoxy) is 5. The summed E-state index contributed by atoms with van der Waals surface area (Å²) in [7, 11) is 0. The summed E-state index contributed by atoms with van der Waals surface area (Å²) >= 11 is 0. The molecule has 0 bridgehead atoms. The van der Waals surface area contributed by atoms with Crippen molar-refractivity contribution < 1.29 is 28.5 Å². The summed E-state index contributed by atoms with van der Waals surface area (Å²) in [6.07, 6.45) is 1.24. The number of amidine groups is 2. The van der Waals surface area contributed by atoms with Crippen molar-refractivity contribution in [2.75, 3.05) is 59.5 Å². The molecule has 0 heterocycles. The number of rotatable bonds is 18. The minimum absolute atomic E-state index is 0.281. The molecule has 0 atom stereocenters. The Morgan fingerprint density at radius 3 is 1.80 bits per heavy atom. The lowest BCUT2D eigenvalue weighted by molar-refractivity contribution is -0.108. The Balaban J connectivity index is 1.97. The van der Waals surface area contributed by atoms with E-state index in [2.05, 4.69) is 10.2 Å². The van der Waals surface area contributed by atoms with Gasteiger partial charge in [0.15, 0.2) is 5.84 Å². The van der Waals surface area contributed by atoms with Gasteiger partial charge >= 0.3 is 0 Å². The third-order valence-corrected chi connectivity index (χ3v) is 3.46. The number of hydrogen-bond acceptors (Lipinski definition) is 8. The molecule has 10 heteroatoms. The van der Waals surface area contributed by atoms with Crippen LogP contribution in [-0.4, -0.2) is 77.4 Å². The number of nitrogens with zero attached hydrogens (tertiary/aromatic N) is 2. The van der Waals surface area contributed by atoms with Gasteiger partial charge in [-0.25, -0.2) is 0 Å². The lowest BCUT2D eigenvalue weighted by Crippen LogP contribution is -2.14. The average molecular weight is 424 g/mol. The van der Waals surface area contributed by atoms with E-state index >= 15 is 0 Å². The minimum atomic E-state index is 0.281. The molecule has 168 valence electrons. The monoisotopic (exact) mass is 424 g/mol. The van der Waals surface area contributed by atoms with E-state index in [-0.39, 0.29) is 5.84 Å². The van der Waals surface area contributed by atoms with Crippen LogP contribution in [0.3, 0.4) is 0 Å². The zero-order valence-electron chi connectivity index (χ0n) is 17.5. The fraction of sp³-hybridized carbons (Fsp3) is 0.550. The number of aldehydes is 1. The van der Waals surface area contributed by atoms with Gasteiger partial charge in [-0.15, -0.1) is 10.2 Å². The quantitative estimate of drug-likeness (QED) is 0.115. The van der Waals surface area contributed by atoms with Crippen molar-refractivity contribution in [2.45, 2.75) is 13.3 Å². The molecule has 0 unspecified atom stereocenters. The van der Waals surface area contributed by atoms with E-state index in [1.54, 1.807) is 31.2 Å². The molecule has 0 aliphatic heterocycles. The Morgan fingerprint density at radius 2 is 1.30 bits per heavy atom. The smallest absolute Gasteiger partial charge is 0.153 e. The molecule has 1 aromatic rings. The van der Waals surface area contributed by atoms with Gasteiger partial charge in [-0.3, -0.25) is 0 Å². The van der Waals surface area contributed by atoms with Gasteiger partial charge in [0.05, 0.1) is 52.9 Å². The van der Waals surface area contributed by atoms with Crippen molar-refractivity contribution in [3.63, 3.8) is 0 Å². The standard InChI is InChI=1S/C20H32N4O6/c1-17(21)23-24-20(22)18-3-5-19(6-4-18)30-16-15-29-14-13-28-12-11-27-10-9-26-8-2-7-25/h3-7H,2,8-16H2,1H3,(H2,21,23)(H2,22,24). The van der Waals surface area contributed by atoms with Crippen molar-refractivity contribution in [1.29, 1.82) is 0 Å². The van der Waals surface area contributed by atoms with E-state index in [0.29, 0.717) is 77.5 Å². The summed E-state index contributed by atoms with van der Waals surface area (Å²) in [5, 5.41) is 7.55. The molecule has 0 fully saturated rings. The largest absolute Gasteiger partial charge is 0.491 e. The fourth-order valence-electron chi connectivity index (χ4n) is 2.02. The van der Waals surface area contributed by atoms with Crippen molar-refractivity contribution in [3.8, 4) is 5.75 Å². The van der Waals surface area contributed by atoms with Crippen LogP contribution in [0.4, 0.5) is 0 Å². The first-order valence-corrected chi connectivity index (χ1v) is 9.74. The van der Waals surface area contributed by atoms with E-state index < -0.39 is 0 Å². The summed E-state index contributed by atoms with van der Waals surface area (Å²) in [6.45, 7) is 5.84. The van der Waals surface area contributed by atoms with Gasteiger partial charge in [0.25, 0.3) is 0 Å². The van der Waals surface area contributed by atoms with Crippen molar-refractivity contribution >= 4 is 18.0 Å². The SMILES string of the molecule is C/C(N)=N/N=C(\N)c1ccc(OCCOCCOCCOCCOCCC=O)cc1. The lowest BCUT2D eigenvalue weighted by atomic mass is 10.2. The van der Waals surface area contributed by atoms with Gasteiger partial charge in [0.2, 0.25) is 0 Å². The van der Waals surface area contributed by atoms with Gasteiger partial charge in [-0.2, -0.15) is 0 Å². The second-order valence-electron chi connectivity index (χ2n) is 6.00. The molecule has 10 nitrogen and oxygen atoms in total. The summed E-state index contributed by atoms with van der Waals surface area (Å²) in [5.74, 6) is 1.32. The Labute approximate surface area is 177 Å². The summed E-state index contributed by atoms with van der Waals surface area (Å²) in [5.41, 5.74) is 12.0. The zero-order chi connectivity index (χ0) is 21.9. The molecule has 1 aromatic carbocycles. The highest BCUT2D eigenvalue weighted by atomic mass is 16.6. The highest BCUT2D eigenvalue weighted by molar-refractivity contribution is 5.97. The van der Waals surface area contributed by atoms with E-state index in [9.17, 15) is 4.79 Å². The molecule has 0 saturated heterocycles. The van der Waals surface area contributed by atoms with Crippen LogP contribution in [0.25, 0.3) is 0 Å². The second kappa shape index (κ2) is 17.3. The summed E-state index contributed by atoms with van der Waals surface area (Å²) in [4.78, 5) is 10.1. The maximum absolute atomic E-state index is 10.1. The van der Waals surface area contributed by atoms with E-state index in [4.69, 9.17) is 35.2 Å². The van der Waals surface area contributed by atoms with Crippen molar-refractivity contribution in [3.05, 3.63) is 29.8 Å². The maximum Gasteiger partial charge on any atom is 0.153 e. The van der Waals surface area contributed by atoms with Crippen LogP contribution >= 0.6 is 0 Å². The molecular formula is C20H32N4O6. The molecule has 0 aromatic heterocycles. The average Bonchev–Trinajstić information content (AvgIpc) is 2.75. The molecule has 0 aliphatic carbocycles. The number of nitrogens with two attached hydrogens (primary N) is 2. The van der Waals surface area contributed by atoms with Crippen LogP contribution in [0, 0.1) is 0 Å². The fourth-order valence-corrected chi connectivity index (χ4v) is 2.02. The van der Waals surface area contributed by atoms with Crippen LogP contribution < -0.4 is 16.2 Å². The highest BCUT2D eigenvalue weighted by Crippen LogP contribution is 2.12. The van der Waals surface area contributed by atoms with Gasteiger partial charge < -0.3 is 39.9 Å². The zero-order valence-corrected chi connectivity index (χ0v) is 17.5. The van der Waals surface area contributed by atoms with Crippen LogP contribution in [0.5, 0.6) is 5.75 Å². The predicted molar refractivity (Wildman–Crippen MR) is 114 cm³/mol. The van der Waals surface area contributed by atoms with Crippen LogP contribution in [0.15, 0.2) is 34.5 Å². The Morgan fingerprint density at radius 1 is 0.800 bits per heavy atom. The third kappa shape index (κ3) is 13.6. The third-order valence-electron chi connectivity index (χ3n) is 3.46. The molecule has 1 rings (SSSR count). The second-order valence-corrected chi connectivity index (χ2v) is 6.00. The first-order chi connectivity index (χ1) is 14.6. The van der Waals surface area contributed by atoms with Gasteiger partial charge in [0.1, 0.15) is 24.5 Å². The van der Waals surface area contributed by atoms with Gasteiger partial charge in [0, 0.05) is 12.0 Å². The van der Waals surface area contributed by atoms with Crippen LogP contribution in [0.2, 0.25) is 0 Å². The minimum Gasteiger partial charge on any atom is -0.491 e. The van der Waals surface area contributed by atoms with Gasteiger partial charge in [-0.05, 0) is 31.2 Å². The molecule has 0 radical (unpaired) electrons. The van der Waals surface area contributed by atoms with Crippen LogP contribution in [0.1, 0.15) is 18.9 Å². The molecule has 0 aliphatic rings. The normalized spacial score (nSPS) is 12.2. The molecule has 30 heavy (non-hydrogen) atoms. The van der Waals surface area contributed by atoms with E-state index in [1.807, 2.05) is 0 Å². The molecular weight excluding hydrogens is 392 g/mol. The Bertz CT molecular complexity index is 633. The van der Waals surface area contributed by atoms with E-state index in [0.717, 1.165) is 11.8 Å². The predicted octanol–water partition coefficient (Wildman–Crippen LogP) is 0.718. The summed E-state index contributed by atoms with van der Waals surface area (Å²) < 4.78 is 26.9. The molecule has 4 N–H and O–H groups in total. The number of carbonyl (C=O) groups excluding carboxylic acids is 1. The first kappa shape index (κ1) is 25.5. The first-order valence-electron chi connectivity index (χ1n) is 9.74. The Kier molecular flexibility index (Phi) is 14.7. The topological polar surface area (TPSA) is 140 Å². The molecule has 0 spiro atoms. The van der Waals surface area contributed by atoms with E-state index in [1.165, 1.54) is 0 Å². The molecule has 0 amide bonds.